The van der Waals surface area contributed by atoms with E-state index in [4.69, 9.17) is 9.72 Å². The van der Waals surface area contributed by atoms with Gasteiger partial charge in [0.15, 0.2) is 0 Å². The highest BCUT2D eigenvalue weighted by Crippen LogP contribution is 2.35. The molecule has 3 aliphatic rings. The summed E-state index contributed by atoms with van der Waals surface area (Å²) in [5.74, 6) is 2.11. The lowest BCUT2D eigenvalue weighted by Crippen LogP contribution is -2.39. The van der Waals surface area contributed by atoms with Gasteiger partial charge in [0.05, 0.1) is 0 Å². The van der Waals surface area contributed by atoms with Crippen molar-refractivity contribution in [2.24, 2.45) is 0 Å². The number of carbonyl (C=O) groups is 1. The van der Waals surface area contributed by atoms with Crippen molar-refractivity contribution in [2.45, 2.75) is 44.8 Å². The van der Waals surface area contributed by atoms with Crippen LogP contribution in [-0.2, 0) is 0 Å². The van der Waals surface area contributed by atoms with Gasteiger partial charge in [0.2, 0.25) is 5.95 Å². The van der Waals surface area contributed by atoms with Gasteiger partial charge in [-0.05, 0) is 51.8 Å². The highest BCUT2D eigenvalue weighted by molar-refractivity contribution is 6.10. The molecule has 1 amide bonds. The molecular weight excluding hydrogens is 404 g/mol. The molecule has 170 valence electrons. The topological polar surface area (TPSA) is 73.8 Å². The Morgan fingerprint density at radius 1 is 1.19 bits per heavy atom. The molecule has 5 rings (SSSR count). The SMILES string of the molecule is CCNc1ncc2c(n1)N1CCC[C@H]1CN(c1cccc(OC3CCN(C)CC3)c1)C2=O. The van der Waals surface area contributed by atoms with Crippen molar-refractivity contribution in [3.8, 4) is 5.75 Å². The van der Waals surface area contributed by atoms with Crippen LogP contribution in [0.2, 0.25) is 0 Å². The molecular formula is C24H32N6O2. The first-order valence-corrected chi connectivity index (χ1v) is 11.8. The first-order chi connectivity index (χ1) is 15.6. The second-order valence-electron chi connectivity index (χ2n) is 8.98. The molecule has 0 unspecified atom stereocenters. The number of hydrogen-bond acceptors (Lipinski definition) is 7. The lowest BCUT2D eigenvalue weighted by molar-refractivity contribution is 0.0988. The van der Waals surface area contributed by atoms with Crippen LogP contribution in [-0.4, -0.2) is 72.7 Å². The summed E-state index contributed by atoms with van der Waals surface area (Å²) in [5, 5.41) is 3.17. The Morgan fingerprint density at radius 3 is 2.84 bits per heavy atom. The van der Waals surface area contributed by atoms with E-state index in [0.717, 1.165) is 69.1 Å². The Bertz CT molecular complexity index is 975. The number of carbonyl (C=O) groups excluding carboxylic acids is 1. The van der Waals surface area contributed by atoms with Crippen LogP contribution in [0.1, 0.15) is 43.0 Å². The zero-order valence-corrected chi connectivity index (χ0v) is 19.0. The fourth-order valence-corrected chi connectivity index (χ4v) is 4.97. The van der Waals surface area contributed by atoms with E-state index < -0.39 is 0 Å². The van der Waals surface area contributed by atoms with E-state index in [2.05, 4.69) is 27.1 Å². The number of ether oxygens (including phenoxy) is 1. The van der Waals surface area contributed by atoms with Crippen molar-refractivity contribution in [2.75, 3.05) is 54.9 Å². The number of nitrogens with one attached hydrogen (secondary N) is 1. The van der Waals surface area contributed by atoms with Gasteiger partial charge in [-0.3, -0.25) is 4.79 Å². The second-order valence-corrected chi connectivity index (χ2v) is 8.98. The van der Waals surface area contributed by atoms with Gasteiger partial charge in [-0.25, -0.2) is 4.98 Å². The number of benzene rings is 1. The smallest absolute Gasteiger partial charge is 0.263 e. The number of fused-ring (bicyclic) bond motifs is 3. The van der Waals surface area contributed by atoms with Crippen molar-refractivity contribution >= 4 is 23.4 Å². The molecule has 0 radical (unpaired) electrons. The minimum absolute atomic E-state index is 0.0473. The summed E-state index contributed by atoms with van der Waals surface area (Å²) >= 11 is 0. The highest BCUT2D eigenvalue weighted by Gasteiger charge is 2.37. The van der Waals surface area contributed by atoms with Gasteiger partial charge in [-0.1, -0.05) is 6.07 Å². The maximum Gasteiger partial charge on any atom is 0.263 e. The molecule has 1 atom stereocenters. The molecule has 1 N–H and O–H groups in total. The number of piperidine rings is 1. The third-order valence-electron chi connectivity index (χ3n) is 6.72. The predicted octanol–water partition coefficient (Wildman–Crippen LogP) is 3.01. The number of hydrogen-bond donors (Lipinski definition) is 1. The Balaban J connectivity index is 1.43. The molecule has 8 nitrogen and oxygen atoms in total. The van der Waals surface area contributed by atoms with Gasteiger partial charge >= 0.3 is 0 Å². The van der Waals surface area contributed by atoms with Crippen molar-refractivity contribution in [3.05, 3.63) is 36.0 Å². The molecule has 2 saturated heterocycles. The normalized spacial score (nSPS) is 21.8. The van der Waals surface area contributed by atoms with E-state index in [9.17, 15) is 4.79 Å². The molecule has 1 aromatic heterocycles. The average Bonchev–Trinajstić information content (AvgIpc) is 3.23. The summed E-state index contributed by atoms with van der Waals surface area (Å²) < 4.78 is 6.29. The van der Waals surface area contributed by atoms with Crippen LogP contribution < -0.4 is 19.9 Å². The molecule has 0 bridgehead atoms. The van der Waals surface area contributed by atoms with E-state index in [1.807, 2.05) is 36.1 Å². The molecule has 3 aliphatic heterocycles. The first-order valence-electron chi connectivity index (χ1n) is 11.8. The minimum Gasteiger partial charge on any atom is -0.490 e. The fraction of sp³-hybridized carbons (Fsp3) is 0.542. The summed E-state index contributed by atoms with van der Waals surface area (Å²) in [4.78, 5) is 29.2. The lowest BCUT2D eigenvalue weighted by Gasteiger charge is -2.30. The predicted molar refractivity (Wildman–Crippen MR) is 126 cm³/mol. The quantitative estimate of drug-likeness (QED) is 0.772. The largest absolute Gasteiger partial charge is 0.490 e. The van der Waals surface area contributed by atoms with Gasteiger partial charge in [-0.2, -0.15) is 4.98 Å². The summed E-state index contributed by atoms with van der Waals surface area (Å²) in [6.07, 6.45) is 6.11. The fourth-order valence-electron chi connectivity index (χ4n) is 4.97. The molecule has 1 aromatic carbocycles. The van der Waals surface area contributed by atoms with E-state index in [-0.39, 0.29) is 18.1 Å². The Labute approximate surface area is 189 Å². The van der Waals surface area contributed by atoms with Crippen molar-refractivity contribution in [3.63, 3.8) is 0 Å². The molecule has 0 aliphatic carbocycles. The molecule has 2 aromatic rings. The third kappa shape index (κ3) is 4.11. The number of nitrogens with zero attached hydrogens (tertiary/aromatic N) is 5. The molecule has 0 spiro atoms. The lowest BCUT2D eigenvalue weighted by atomic mass is 10.1. The van der Waals surface area contributed by atoms with Crippen molar-refractivity contribution < 1.29 is 9.53 Å². The summed E-state index contributed by atoms with van der Waals surface area (Å²) in [7, 11) is 2.15. The van der Waals surface area contributed by atoms with Crippen molar-refractivity contribution in [1.82, 2.24) is 14.9 Å². The number of likely N-dealkylation sites (tertiary alicyclic amines) is 1. The van der Waals surface area contributed by atoms with Gasteiger partial charge < -0.3 is 24.8 Å². The number of aromatic nitrogens is 2. The van der Waals surface area contributed by atoms with E-state index in [0.29, 0.717) is 18.1 Å². The standard InChI is InChI=1S/C24H32N6O2/c1-3-25-24-26-15-21-22(27-24)29-11-5-7-18(29)16-30(23(21)31)17-6-4-8-20(14-17)32-19-9-12-28(2)13-10-19/h4,6,8,14-15,18-19H,3,5,7,9-13,16H2,1-2H3,(H,25,26,27)/t18-/m0/s1. The maximum absolute atomic E-state index is 13.6. The molecule has 8 heteroatoms. The minimum atomic E-state index is -0.0473. The number of amides is 1. The van der Waals surface area contributed by atoms with Crippen LogP contribution in [0.3, 0.4) is 0 Å². The van der Waals surface area contributed by atoms with E-state index in [1.165, 1.54) is 0 Å². The van der Waals surface area contributed by atoms with Crippen LogP contribution in [0, 0.1) is 0 Å². The number of rotatable bonds is 5. The molecule has 0 saturated carbocycles. The van der Waals surface area contributed by atoms with Gasteiger partial charge in [0.25, 0.3) is 5.91 Å². The van der Waals surface area contributed by atoms with E-state index in [1.54, 1.807) is 6.20 Å². The zero-order chi connectivity index (χ0) is 22.1. The summed E-state index contributed by atoms with van der Waals surface area (Å²) in [5.41, 5.74) is 1.44. The van der Waals surface area contributed by atoms with Crippen molar-refractivity contribution in [1.29, 1.82) is 0 Å². The maximum atomic E-state index is 13.6. The first kappa shape index (κ1) is 21.0. The summed E-state index contributed by atoms with van der Waals surface area (Å²) in [6, 6.07) is 8.23. The Hall–Kier alpha value is -2.87. The summed E-state index contributed by atoms with van der Waals surface area (Å²) in [6.45, 7) is 6.42. The van der Waals surface area contributed by atoms with E-state index >= 15 is 0 Å². The highest BCUT2D eigenvalue weighted by atomic mass is 16.5. The number of anilines is 3. The van der Waals surface area contributed by atoms with Gasteiger partial charge in [0.1, 0.15) is 23.2 Å². The van der Waals surface area contributed by atoms with Crippen LogP contribution in [0.5, 0.6) is 5.75 Å². The molecule has 4 heterocycles. The van der Waals surface area contributed by atoms with Crippen LogP contribution in [0.25, 0.3) is 0 Å². The van der Waals surface area contributed by atoms with Crippen LogP contribution in [0.4, 0.5) is 17.5 Å². The molecule has 32 heavy (non-hydrogen) atoms. The van der Waals surface area contributed by atoms with Crippen LogP contribution in [0.15, 0.2) is 30.5 Å². The average molecular weight is 437 g/mol. The third-order valence-corrected chi connectivity index (χ3v) is 6.72. The molecule has 2 fully saturated rings. The van der Waals surface area contributed by atoms with Crippen LogP contribution >= 0.6 is 0 Å². The Morgan fingerprint density at radius 2 is 2.03 bits per heavy atom. The Kier molecular flexibility index (Phi) is 5.87. The van der Waals surface area contributed by atoms with Gasteiger partial charge in [0, 0.05) is 56.7 Å². The zero-order valence-electron chi connectivity index (χ0n) is 19.0. The van der Waals surface area contributed by atoms with Gasteiger partial charge in [-0.15, -0.1) is 0 Å². The monoisotopic (exact) mass is 436 g/mol. The second kappa shape index (κ2) is 8.94.